The highest BCUT2D eigenvalue weighted by atomic mass is 127. The van der Waals surface area contributed by atoms with Crippen LogP contribution in [0.1, 0.15) is 37.2 Å². The Balaban J connectivity index is 1.88. The third-order valence-electron chi connectivity index (χ3n) is 5.39. The summed E-state index contributed by atoms with van der Waals surface area (Å²) < 4.78 is 7.62. The van der Waals surface area contributed by atoms with E-state index in [0.29, 0.717) is 18.0 Å². The largest absolute Gasteiger partial charge is 0.469 e. The third kappa shape index (κ3) is 3.71. The molecule has 3 nitrogen and oxygen atoms in total. The predicted molar refractivity (Wildman–Crippen MR) is 109 cm³/mol. The molecule has 2 fully saturated rings. The first-order valence-corrected chi connectivity index (χ1v) is 10.9. The van der Waals surface area contributed by atoms with Crippen LogP contribution in [0.25, 0.3) is 0 Å². The molecule has 23 heavy (non-hydrogen) atoms. The lowest BCUT2D eigenvalue weighted by atomic mass is 9.76. The molecule has 1 aromatic rings. The van der Waals surface area contributed by atoms with Crippen molar-refractivity contribution in [3.05, 3.63) is 33.4 Å². The molecule has 0 aliphatic carbocycles. The van der Waals surface area contributed by atoms with Gasteiger partial charge in [-0.2, -0.15) is 0 Å². The topological polar surface area (TPSA) is 29.5 Å². The lowest BCUT2D eigenvalue weighted by molar-refractivity contribution is -0.150. The minimum atomic E-state index is -0.0293. The molecule has 2 bridgehead atoms. The second kappa shape index (κ2) is 7.99. The Kier molecular flexibility index (Phi) is 6.23. The van der Waals surface area contributed by atoms with Crippen LogP contribution in [0.5, 0.6) is 0 Å². The number of carbonyl (C=O) groups excluding carboxylic acids is 1. The average molecular weight is 539 g/mol. The summed E-state index contributed by atoms with van der Waals surface area (Å²) in [6.07, 6.45) is 4.64. The molecule has 0 N–H and O–H groups in total. The number of esters is 1. The minimum absolute atomic E-state index is 0.0203. The van der Waals surface area contributed by atoms with E-state index in [1.807, 2.05) is 0 Å². The molecule has 0 spiro atoms. The first-order chi connectivity index (χ1) is 11.2. The quantitative estimate of drug-likeness (QED) is 0.319. The summed E-state index contributed by atoms with van der Waals surface area (Å²) in [5.41, 5.74) is 1.30. The van der Waals surface area contributed by atoms with Crippen molar-refractivity contribution in [1.29, 1.82) is 0 Å². The van der Waals surface area contributed by atoms with Gasteiger partial charge < -0.3 is 4.74 Å². The van der Waals surface area contributed by atoms with Crippen LogP contribution in [0.3, 0.4) is 0 Å². The number of rotatable bonds is 5. The van der Waals surface area contributed by atoms with E-state index < -0.39 is 0 Å². The van der Waals surface area contributed by atoms with E-state index in [1.54, 1.807) is 0 Å². The number of piperidine rings is 1. The number of fused-ring (bicyclic) bond motifs is 2. The Bertz CT molecular complexity index is 548. The van der Waals surface area contributed by atoms with Gasteiger partial charge in [-0.1, -0.05) is 34.7 Å². The zero-order valence-corrected chi connectivity index (χ0v) is 17.7. The lowest BCUT2D eigenvalue weighted by Crippen LogP contribution is -2.51. The minimum Gasteiger partial charge on any atom is -0.469 e. The molecule has 0 radical (unpaired) electrons. The van der Waals surface area contributed by atoms with E-state index in [2.05, 4.69) is 74.3 Å². The summed E-state index contributed by atoms with van der Waals surface area (Å²) in [4.78, 5) is 15.2. The molecule has 0 unspecified atom stereocenters. The van der Waals surface area contributed by atoms with Gasteiger partial charge in [-0.25, -0.2) is 0 Å². The predicted octanol–water partition coefficient (Wildman–Crippen LogP) is 4.23. The molecule has 2 aliphatic rings. The molecular formula is C18H23I2NO2. The normalized spacial score (nSPS) is 30.4. The molecule has 0 saturated carbocycles. The number of benzene rings is 1. The van der Waals surface area contributed by atoms with Crippen LogP contribution < -0.4 is 0 Å². The molecule has 4 atom stereocenters. The number of alkyl halides is 1. The summed E-state index contributed by atoms with van der Waals surface area (Å²) in [6.45, 7) is 1.12. The standard InChI is InChI=1S/C18H23I2NO2/c1-23-18(22)17-15(12-3-5-13(20)6-4-12)11-14-7-8-16(17)21(14)10-2-9-19/h3-6,14-17H,2,7-11H2,1H3/t14-,15+,16+,17-/m0/s1. The molecule has 126 valence electrons. The maximum atomic E-state index is 12.6. The van der Waals surface area contributed by atoms with Crippen LogP contribution in [0.2, 0.25) is 0 Å². The van der Waals surface area contributed by atoms with Crippen molar-refractivity contribution in [1.82, 2.24) is 4.90 Å². The van der Waals surface area contributed by atoms with Crippen LogP contribution in [-0.2, 0) is 9.53 Å². The lowest BCUT2D eigenvalue weighted by Gasteiger charge is -2.43. The van der Waals surface area contributed by atoms with Gasteiger partial charge in [0.25, 0.3) is 0 Å². The number of carbonyl (C=O) groups is 1. The van der Waals surface area contributed by atoms with Gasteiger partial charge in [-0.15, -0.1) is 0 Å². The van der Waals surface area contributed by atoms with Gasteiger partial charge in [0.2, 0.25) is 0 Å². The molecular weight excluding hydrogens is 516 g/mol. The van der Waals surface area contributed by atoms with E-state index in [4.69, 9.17) is 4.74 Å². The van der Waals surface area contributed by atoms with Crippen molar-refractivity contribution in [3.8, 4) is 0 Å². The number of hydrogen-bond donors (Lipinski definition) is 0. The Morgan fingerprint density at radius 1 is 1.30 bits per heavy atom. The van der Waals surface area contributed by atoms with Crippen molar-refractivity contribution < 1.29 is 9.53 Å². The fourth-order valence-corrected chi connectivity index (χ4v) is 5.11. The Morgan fingerprint density at radius 3 is 2.70 bits per heavy atom. The Hall–Kier alpha value is 0.110. The Morgan fingerprint density at radius 2 is 2.04 bits per heavy atom. The Labute approximate surface area is 165 Å². The molecule has 2 heterocycles. The average Bonchev–Trinajstić information content (AvgIpc) is 2.84. The van der Waals surface area contributed by atoms with E-state index in [1.165, 1.54) is 33.5 Å². The van der Waals surface area contributed by atoms with Gasteiger partial charge in [0.15, 0.2) is 0 Å². The van der Waals surface area contributed by atoms with Crippen LogP contribution >= 0.6 is 45.2 Å². The molecule has 0 amide bonds. The number of nitrogens with zero attached hydrogens (tertiary/aromatic N) is 1. The van der Waals surface area contributed by atoms with Crippen molar-refractivity contribution in [2.24, 2.45) is 5.92 Å². The van der Waals surface area contributed by atoms with Crippen molar-refractivity contribution in [3.63, 3.8) is 0 Å². The highest BCUT2D eigenvalue weighted by molar-refractivity contribution is 14.1. The van der Waals surface area contributed by atoms with E-state index >= 15 is 0 Å². The van der Waals surface area contributed by atoms with E-state index in [9.17, 15) is 4.79 Å². The zero-order valence-electron chi connectivity index (χ0n) is 13.4. The number of halogens is 2. The highest BCUT2D eigenvalue weighted by Gasteiger charge is 2.50. The van der Waals surface area contributed by atoms with Crippen molar-refractivity contribution >= 4 is 51.2 Å². The number of hydrogen-bond acceptors (Lipinski definition) is 3. The zero-order chi connectivity index (χ0) is 16.4. The van der Waals surface area contributed by atoms with Gasteiger partial charge in [-0.3, -0.25) is 9.69 Å². The monoisotopic (exact) mass is 539 g/mol. The van der Waals surface area contributed by atoms with Crippen LogP contribution in [0.15, 0.2) is 24.3 Å². The molecule has 3 rings (SSSR count). The van der Waals surface area contributed by atoms with Crippen molar-refractivity contribution in [2.75, 3.05) is 18.1 Å². The van der Waals surface area contributed by atoms with Gasteiger partial charge in [-0.05, 0) is 72.5 Å². The summed E-state index contributed by atoms with van der Waals surface area (Å²) in [7, 11) is 1.53. The van der Waals surface area contributed by atoms with Gasteiger partial charge >= 0.3 is 5.97 Å². The first-order valence-electron chi connectivity index (χ1n) is 8.30. The van der Waals surface area contributed by atoms with Crippen LogP contribution in [-0.4, -0.2) is 41.0 Å². The van der Waals surface area contributed by atoms with Gasteiger partial charge in [0, 0.05) is 26.0 Å². The molecule has 5 heteroatoms. The van der Waals surface area contributed by atoms with Crippen LogP contribution in [0, 0.1) is 9.49 Å². The van der Waals surface area contributed by atoms with Gasteiger partial charge in [0.05, 0.1) is 13.0 Å². The molecule has 0 aromatic heterocycles. The summed E-state index contributed by atoms with van der Waals surface area (Å²) in [5, 5.41) is 0. The SMILES string of the molecule is COC(=O)[C@H]1[C@@H](c2ccc(I)cc2)C[C@@H]2CC[C@H]1N2CCCI. The fourth-order valence-electron chi connectivity index (χ4n) is 4.41. The maximum absolute atomic E-state index is 12.6. The summed E-state index contributed by atoms with van der Waals surface area (Å²) in [6, 6.07) is 9.68. The summed E-state index contributed by atoms with van der Waals surface area (Å²) in [5.74, 6) is 0.249. The van der Waals surface area contributed by atoms with Gasteiger partial charge in [0.1, 0.15) is 0 Å². The van der Waals surface area contributed by atoms with E-state index in [0.717, 1.165) is 19.4 Å². The summed E-state index contributed by atoms with van der Waals surface area (Å²) >= 11 is 4.77. The number of ether oxygens (including phenoxy) is 1. The van der Waals surface area contributed by atoms with Crippen molar-refractivity contribution in [2.45, 2.75) is 43.7 Å². The molecule has 2 saturated heterocycles. The molecule has 1 aromatic carbocycles. The second-order valence-electron chi connectivity index (χ2n) is 6.52. The highest BCUT2D eigenvalue weighted by Crippen LogP contribution is 2.47. The third-order valence-corrected chi connectivity index (χ3v) is 6.87. The smallest absolute Gasteiger partial charge is 0.310 e. The van der Waals surface area contributed by atoms with Crippen LogP contribution in [0.4, 0.5) is 0 Å². The first kappa shape index (κ1) is 17.9. The molecule has 2 aliphatic heterocycles. The second-order valence-corrected chi connectivity index (χ2v) is 8.85. The van der Waals surface area contributed by atoms with E-state index in [-0.39, 0.29) is 11.9 Å². The fraction of sp³-hybridized carbons (Fsp3) is 0.611. The maximum Gasteiger partial charge on any atom is 0.310 e. The number of methoxy groups -OCH3 is 1.